The van der Waals surface area contributed by atoms with E-state index in [0.29, 0.717) is 28.4 Å². The molecule has 0 spiro atoms. The Morgan fingerprint density at radius 2 is 1.57 bits per heavy atom. The van der Waals surface area contributed by atoms with Crippen LogP contribution in [0.15, 0.2) is 36.4 Å². The summed E-state index contributed by atoms with van der Waals surface area (Å²) in [7, 11) is 0. The van der Waals surface area contributed by atoms with Crippen molar-refractivity contribution in [3.8, 4) is 11.5 Å². The number of thioether (sulfide) groups is 1. The Balaban J connectivity index is 1.51. The first-order valence-electron chi connectivity index (χ1n) is 8.61. The van der Waals surface area contributed by atoms with Gasteiger partial charge in [-0.1, -0.05) is 17.7 Å². The van der Waals surface area contributed by atoms with Crippen LogP contribution in [0.5, 0.6) is 11.5 Å². The third-order valence-corrected chi connectivity index (χ3v) is 4.90. The molecule has 2 aromatic rings. The number of fused-ring (bicyclic) bond motifs is 1. The maximum absolute atomic E-state index is 12.2. The van der Waals surface area contributed by atoms with E-state index in [1.807, 2.05) is 31.2 Å². The number of rotatable bonds is 7. The molecular weight excluding hydrogens is 380 g/mol. The molecule has 2 N–H and O–H groups in total. The number of carbonyl (C=O) groups is 3. The van der Waals surface area contributed by atoms with Crippen molar-refractivity contribution in [3.05, 3.63) is 47.5 Å². The van der Waals surface area contributed by atoms with Crippen molar-refractivity contribution in [1.82, 2.24) is 0 Å². The van der Waals surface area contributed by atoms with Crippen LogP contribution in [0.2, 0.25) is 0 Å². The minimum atomic E-state index is -0.311. The van der Waals surface area contributed by atoms with Crippen LogP contribution in [0.3, 0.4) is 0 Å². The van der Waals surface area contributed by atoms with Crippen molar-refractivity contribution in [2.24, 2.45) is 0 Å². The van der Waals surface area contributed by atoms with Crippen molar-refractivity contribution in [2.75, 3.05) is 28.9 Å². The van der Waals surface area contributed by atoms with Crippen molar-refractivity contribution in [2.45, 2.75) is 13.8 Å². The van der Waals surface area contributed by atoms with Gasteiger partial charge in [0.05, 0.1) is 17.2 Å². The van der Waals surface area contributed by atoms with Crippen LogP contribution in [0.4, 0.5) is 11.4 Å². The number of nitrogens with one attached hydrogen (secondary N) is 2. The number of anilines is 2. The largest absolute Gasteiger partial charge is 0.454 e. The third-order valence-electron chi connectivity index (χ3n) is 3.97. The van der Waals surface area contributed by atoms with Gasteiger partial charge in [-0.2, -0.15) is 0 Å². The Labute approximate surface area is 166 Å². The smallest absolute Gasteiger partial charge is 0.234 e. The molecule has 2 aromatic carbocycles. The number of hydrogen-bond donors (Lipinski definition) is 2. The summed E-state index contributed by atoms with van der Waals surface area (Å²) >= 11 is 1.19. The molecule has 146 valence electrons. The summed E-state index contributed by atoms with van der Waals surface area (Å²) in [5.41, 5.74) is 2.54. The molecule has 1 heterocycles. The third kappa shape index (κ3) is 5.04. The number of ketones is 1. The Morgan fingerprint density at radius 1 is 0.964 bits per heavy atom. The maximum atomic E-state index is 12.2. The first-order valence-corrected chi connectivity index (χ1v) is 9.76. The van der Waals surface area contributed by atoms with Crippen LogP contribution in [-0.2, 0) is 9.59 Å². The van der Waals surface area contributed by atoms with Crippen LogP contribution >= 0.6 is 11.8 Å². The van der Waals surface area contributed by atoms with E-state index in [1.165, 1.54) is 18.7 Å². The Morgan fingerprint density at radius 3 is 2.21 bits per heavy atom. The molecule has 3 rings (SSSR count). The summed E-state index contributed by atoms with van der Waals surface area (Å²) in [6.07, 6.45) is 0. The molecule has 1 aliphatic heterocycles. The highest BCUT2D eigenvalue weighted by Crippen LogP contribution is 2.37. The van der Waals surface area contributed by atoms with Gasteiger partial charge in [-0.3, -0.25) is 14.4 Å². The van der Waals surface area contributed by atoms with E-state index in [2.05, 4.69) is 10.6 Å². The monoisotopic (exact) mass is 400 g/mol. The number of aryl methyl sites for hydroxylation is 1. The van der Waals surface area contributed by atoms with Crippen LogP contribution in [0.1, 0.15) is 22.8 Å². The average Bonchev–Trinajstić information content (AvgIpc) is 3.10. The summed E-state index contributed by atoms with van der Waals surface area (Å²) in [4.78, 5) is 36.0. The number of Topliss-reactive ketones (excluding diaryl/α,β-unsaturated/α-hetero) is 1. The van der Waals surface area contributed by atoms with E-state index in [1.54, 1.807) is 12.1 Å². The molecule has 0 bridgehead atoms. The zero-order valence-electron chi connectivity index (χ0n) is 15.5. The van der Waals surface area contributed by atoms with E-state index in [4.69, 9.17) is 9.47 Å². The number of amides is 2. The lowest BCUT2D eigenvalue weighted by atomic mass is 10.1. The molecule has 7 nitrogen and oxygen atoms in total. The SMILES string of the molecule is CC(=O)c1cc2c(cc1NC(=O)CSCC(=O)Nc1ccc(C)cc1)OCO2. The fourth-order valence-corrected chi connectivity index (χ4v) is 3.21. The molecule has 28 heavy (non-hydrogen) atoms. The van der Waals surface area contributed by atoms with Crippen LogP contribution in [0.25, 0.3) is 0 Å². The topological polar surface area (TPSA) is 93.7 Å². The van der Waals surface area contributed by atoms with E-state index >= 15 is 0 Å². The molecule has 0 fully saturated rings. The molecule has 8 heteroatoms. The van der Waals surface area contributed by atoms with E-state index in [9.17, 15) is 14.4 Å². The minimum Gasteiger partial charge on any atom is -0.454 e. The predicted octanol–water partition coefficient (Wildman–Crippen LogP) is 3.24. The van der Waals surface area contributed by atoms with Crippen LogP contribution < -0.4 is 20.1 Å². The average molecular weight is 400 g/mol. The standard InChI is InChI=1S/C20H20N2O5S/c1-12-3-5-14(6-4-12)21-19(24)9-28-10-20(25)22-16-8-18-17(26-11-27-18)7-15(16)13(2)23/h3-8H,9-11H2,1-2H3,(H,21,24)(H,22,25). The van der Waals surface area contributed by atoms with E-state index in [0.717, 1.165) is 5.56 Å². The first kappa shape index (κ1) is 19.8. The molecule has 1 aliphatic rings. The first-order chi connectivity index (χ1) is 13.4. The van der Waals surface area contributed by atoms with E-state index < -0.39 is 0 Å². The lowest BCUT2D eigenvalue weighted by Gasteiger charge is -2.10. The van der Waals surface area contributed by atoms with Gasteiger partial charge in [0.25, 0.3) is 0 Å². The zero-order valence-corrected chi connectivity index (χ0v) is 16.4. The fraction of sp³-hybridized carbons (Fsp3) is 0.250. The molecule has 0 saturated carbocycles. The van der Waals surface area contributed by atoms with Crippen molar-refractivity contribution >= 4 is 40.7 Å². The molecule has 0 atom stereocenters. The van der Waals surface area contributed by atoms with Gasteiger partial charge in [0.2, 0.25) is 18.6 Å². The predicted molar refractivity (Wildman–Crippen MR) is 108 cm³/mol. The maximum Gasteiger partial charge on any atom is 0.234 e. The molecule has 0 radical (unpaired) electrons. The summed E-state index contributed by atoms with van der Waals surface area (Å²) in [6, 6.07) is 10.6. The van der Waals surface area contributed by atoms with Gasteiger partial charge >= 0.3 is 0 Å². The summed E-state index contributed by atoms with van der Waals surface area (Å²) in [5, 5.41) is 5.48. The Bertz CT molecular complexity index is 912. The van der Waals surface area contributed by atoms with Gasteiger partial charge in [0.15, 0.2) is 17.3 Å². The highest BCUT2D eigenvalue weighted by Gasteiger charge is 2.20. The van der Waals surface area contributed by atoms with Crippen molar-refractivity contribution in [1.29, 1.82) is 0 Å². The number of ether oxygens (including phenoxy) is 2. The molecular formula is C20H20N2O5S. The van der Waals surface area contributed by atoms with Gasteiger partial charge in [-0.15, -0.1) is 11.8 Å². The normalized spacial score (nSPS) is 11.8. The molecule has 0 aromatic heterocycles. The summed E-state index contributed by atoms with van der Waals surface area (Å²) < 4.78 is 10.5. The van der Waals surface area contributed by atoms with Gasteiger partial charge in [-0.05, 0) is 32.0 Å². The van der Waals surface area contributed by atoms with Crippen LogP contribution in [0, 0.1) is 6.92 Å². The zero-order chi connectivity index (χ0) is 20.1. The number of benzene rings is 2. The second-order valence-electron chi connectivity index (χ2n) is 6.26. The highest BCUT2D eigenvalue weighted by molar-refractivity contribution is 8.00. The lowest BCUT2D eigenvalue weighted by Crippen LogP contribution is -2.19. The molecule has 0 unspecified atom stereocenters. The number of carbonyl (C=O) groups excluding carboxylic acids is 3. The van der Waals surface area contributed by atoms with Gasteiger partial charge in [0, 0.05) is 17.3 Å². The Kier molecular flexibility index (Phi) is 6.20. The molecule has 0 saturated heterocycles. The quantitative estimate of drug-likeness (QED) is 0.693. The van der Waals surface area contributed by atoms with Gasteiger partial charge < -0.3 is 20.1 Å². The minimum absolute atomic E-state index is 0.0765. The summed E-state index contributed by atoms with van der Waals surface area (Å²) in [6.45, 7) is 3.46. The van der Waals surface area contributed by atoms with Crippen LogP contribution in [-0.4, -0.2) is 35.9 Å². The van der Waals surface area contributed by atoms with Gasteiger partial charge in [-0.25, -0.2) is 0 Å². The number of hydrogen-bond acceptors (Lipinski definition) is 6. The molecule has 0 aliphatic carbocycles. The second-order valence-corrected chi connectivity index (χ2v) is 7.25. The second kappa shape index (κ2) is 8.79. The van der Waals surface area contributed by atoms with Crippen molar-refractivity contribution < 1.29 is 23.9 Å². The van der Waals surface area contributed by atoms with Gasteiger partial charge in [0.1, 0.15) is 0 Å². The molecule has 2 amide bonds. The summed E-state index contributed by atoms with van der Waals surface area (Å²) in [5.74, 6) is 0.480. The van der Waals surface area contributed by atoms with E-state index in [-0.39, 0.29) is 35.9 Å². The highest BCUT2D eigenvalue weighted by atomic mass is 32.2. The van der Waals surface area contributed by atoms with Crippen molar-refractivity contribution in [3.63, 3.8) is 0 Å². The Hall–Kier alpha value is -3.00. The fourth-order valence-electron chi connectivity index (χ4n) is 2.59. The lowest BCUT2D eigenvalue weighted by molar-refractivity contribution is -0.114.